The molecule has 0 radical (unpaired) electrons. The summed E-state index contributed by atoms with van der Waals surface area (Å²) in [6.07, 6.45) is 89.3. The molecule has 0 rings (SSSR count). The Kier molecular flexibility index (Phi) is 65.7. The summed E-state index contributed by atoms with van der Waals surface area (Å²) in [6.45, 7) is 6.56. The number of hydrogen-bond donors (Lipinski definition) is 0. The molecule has 0 aliphatic rings. The normalized spacial score (nSPS) is 12.5. The van der Waals surface area contributed by atoms with Gasteiger partial charge in [0.15, 0.2) is 6.10 Å². The molecule has 0 aromatic carbocycles. The van der Waals surface area contributed by atoms with Crippen molar-refractivity contribution in [2.75, 3.05) is 13.2 Å². The van der Waals surface area contributed by atoms with Crippen LogP contribution in [0.15, 0.2) is 72.9 Å². The Bertz CT molecular complexity index is 1470. The molecule has 0 heterocycles. The highest BCUT2D eigenvalue weighted by Crippen LogP contribution is 2.18. The summed E-state index contributed by atoms with van der Waals surface area (Å²) >= 11 is 0. The molecule has 1 unspecified atom stereocenters. The van der Waals surface area contributed by atoms with Crippen LogP contribution in [-0.4, -0.2) is 37.2 Å². The molecule has 464 valence electrons. The molecule has 0 spiro atoms. The lowest BCUT2D eigenvalue weighted by molar-refractivity contribution is -0.167. The molecule has 0 aliphatic heterocycles. The van der Waals surface area contributed by atoms with Crippen LogP contribution in [0.2, 0.25) is 0 Å². The van der Waals surface area contributed by atoms with Gasteiger partial charge in [-0.15, -0.1) is 0 Å². The van der Waals surface area contributed by atoms with Crippen molar-refractivity contribution in [1.82, 2.24) is 0 Å². The molecule has 0 saturated carbocycles. The van der Waals surface area contributed by atoms with Crippen molar-refractivity contribution in [2.45, 2.75) is 367 Å². The van der Waals surface area contributed by atoms with Gasteiger partial charge in [-0.1, -0.05) is 325 Å². The van der Waals surface area contributed by atoms with Crippen molar-refractivity contribution in [1.29, 1.82) is 0 Å². The Morgan fingerprint density at radius 1 is 0.263 bits per heavy atom. The summed E-state index contributed by atoms with van der Waals surface area (Å²) < 4.78 is 17.0. The molecule has 0 aliphatic carbocycles. The topological polar surface area (TPSA) is 78.9 Å². The Morgan fingerprint density at radius 2 is 0.487 bits per heavy atom. The van der Waals surface area contributed by atoms with E-state index < -0.39 is 6.10 Å². The summed E-state index contributed by atoms with van der Waals surface area (Å²) in [5.74, 6) is -0.865. The first-order valence-corrected chi connectivity index (χ1v) is 34.9. The average Bonchev–Trinajstić information content (AvgIpc) is 3.46. The van der Waals surface area contributed by atoms with Gasteiger partial charge in [0.05, 0.1) is 0 Å². The van der Waals surface area contributed by atoms with Gasteiger partial charge in [0.1, 0.15) is 13.2 Å². The molecule has 0 amide bonds. The van der Waals surface area contributed by atoms with E-state index in [2.05, 4.69) is 93.7 Å². The van der Waals surface area contributed by atoms with E-state index in [0.717, 1.165) is 96.3 Å². The number of hydrogen-bond acceptors (Lipinski definition) is 6. The largest absolute Gasteiger partial charge is 0.462 e. The third-order valence-electron chi connectivity index (χ3n) is 15.4. The van der Waals surface area contributed by atoms with E-state index >= 15 is 0 Å². The second-order valence-corrected chi connectivity index (χ2v) is 23.4. The van der Waals surface area contributed by atoms with Crippen LogP contribution < -0.4 is 0 Å². The molecule has 1 atom stereocenters. The van der Waals surface area contributed by atoms with Crippen LogP contribution in [0.3, 0.4) is 0 Å². The number of rotatable bonds is 64. The van der Waals surface area contributed by atoms with E-state index in [1.807, 2.05) is 0 Å². The molecular weight excluding hydrogens is 985 g/mol. The van der Waals surface area contributed by atoms with Crippen molar-refractivity contribution >= 4 is 17.9 Å². The van der Waals surface area contributed by atoms with E-state index in [0.29, 0.717) is 19.3 Å². The number of carbonyl (C=O) groups excluding carboxylic acids is 3. The third kappa shape index (κ3) is 65.7. The van der Waals surface area contributed by atoms with E-state index in [9.17, 15) is 14.4 Å². The van der Waals surface area contributed by atoms with Crippen molar-refractivity contribution in [3.63, 3.8) is 0 Å². The van der Waals surface area contributed by atoms with Crippen LogP contribution in [0.1, 0.15) is 361 Å². The monoisotopic (exact) mass is 1120 g/mol. The summed E-state index contributed by atoms with van der Waals surface area (Å²) in [5.41, 5.74) is 0. The SMILES string of the molecule is CC/C=C\C/C=C\C/C=C\C/C=C\C/C=C\CCCCCCCCCCCCCC(=O)OCC(COC(=O)CCCCCCC/C=C\CCCCCC)OC(=O)CCCCCCCCCCCCCCCCCCCCCCCC. The van der Waals surface area contributed by atoms with Gasteiger partial charge >= 0.3 is 17.9 Å². The van der Waals surface area contributed by atoms with Gasteiger partial charge in [0.2, 0.25) is 0 Å². The highest BCUT2D eigenvalue weighted by atomic mass is 16.6. The smallest absolute Gasteiger partial charge is 0.306 e. The summed E-state index contributed by atoms with van der Waals surface area (Å²) in [7, 11) is 0. The number of unbranched alkanes of at least 4 members (excludes halogenated alkanes) is 41. The van der Waals surface area contributed by atoms with Crippen LogP contribution in [0.4, 0.5) is 0 Å². The third-order valence-corrected chi connectivity index (χ3v) is 15.4. The highest BCUT2D eigenvalue weighted by Gasteiger charge is 2.19. The number of allylic oxidation sites excluding steroid dienone is 12. The van der Waals surface area contributed by atoms with Gasteiger partial charge in [-0.3, -0.25) is 14.4 Å². The number of esters is 3. The van der Waals surface area contributed by atoms with Gasteiger partial charge in [-0.05, 0) is 89.9 Å². The van der Waals surface area contributed by atoms with Gasteiger partial charge in [0.25, 0.3) is 0 Å². The minimum absolute atomic E-state index is 0.0756. The zero-order valence-corrected chi connectivity index (χ0v) is 53.3. The minimum Gasteiger partial charge on any atom is -0.462 e. The van der Waals surface area contributed by atoms with Crippen molar-refractivity contribution < 1.29 is 28.6 Å². The van der Waals surface area contributed by atoms with Crippen LogP contribution in [-0.2, 0) is 28.6 Å². The van der Waals surface area contributed by atoms with Crippen LogP contribution in [0.25, 0.3) is 0 Å². The number of ether oxygens (including phenoxy) is 3. The summed E-state index contributed by atoms with van der Waals surface area (Å²) in [6, 6.07) is 0. The molecule has 6 nitrogen and oxygen atoms in total. The minimum atomic E-state index is -0.779. The fourth-order valence-electron chi connectivity index (χ4n) is 10.2. The van der Waals surface area contributed by atoms with Gasteiger partial charge in [-0.2, -0.15) is 0 Å². The molecular formula is C74H132O6. The maximum atomic E-state index is 12.9. The summed E-state index contributed by atoms with van der Waals surface area (Å²) in [5, 5.41) is 0. The van der Waals surface area contributed by atoms with E-state index in [4.69, 9.17) is 14.2 Å². The highest BCUT2D eigenvalue weighted by molar-refractivity contribution is 5.71. The fourth-order valence-corrected chi connectivity index (χ4v) is 10.2. The first-order valence-electron chi connectivity index (χ1n) is 34.9. The number of carbonyl (C=O) groups is 3. The van der Waals surface area contributed by atoms with Gasteiger partial charge in [0, 0.05) is 19.3 Å². The zero-order chi connectivity index (χ0) is 57.8. The van der Waals surface area contributed by atoms with E-state index in [1.54, 1.807) is 0 Å². The molecule has 0 saturated heterocycles. The molecule has 0 N–H and O–H groups in total. The lowest BCUT2D eigenvalue weighted by Crippen LogP contribution is -2.30. The first-order chi connectivity index (χ1) is 39.5. The predicted octanol–water partition coefficient (Wildman–Crippen LogP) is 24.1. The second-order valence-electron chi connectivity index (χ2n) is 23.4. The zero-order valence-electron chi connectivity index (χ0n) is 53.3. The molecule has 6 heteroatoms. The Morgan fingerprint density at radius 3 is 0.787 bits per heavy atom. The molecule has 0 aromatic rings. The Balaban J connectivity index is 4.26. The second kappa shape index (κ2) is 68.3. The molecule has 0 bridgehead atoms. The van der Waals surface area contributed by atoms with Crippen molar-refractivity contribution in [3.8, 4) is 0 Å². The Labute approximate surface area is 497 Å². The Hall–Kier alpha value is -3.15. The lowest BCUT2D eigenvalue weighted by Gasteiger charge is -2.18. The van der Waals surface area contributed by atoms with Crippen LogP contribution in [0.5, 0.6) is 0 Å². The maximum Gasteiger partial charge on any atom is 0.306 e. The van der Waals surface area contributed by atoms with Crippen molar-refractivity contribution in [3.05, 3.63) is 72.9 Å². The average molecular weight is 1120 g/mol. The van der Waals surface area contributed by atoms with Gasteiger partial charge < -0.3 is 14.2 Å². The fraction of sp³-hybridized carbons (Fsp3) is 0.797. The standard InChI is InChI=1S/C74H132O6/c1-4-7-10-13-16-19-22-25-27-29-31-33-35-36-37-38-39-41-42-44-46-49-52-55-58-61-64-67-73(76)79-70-71(69-78-72(75)66-63-60-57-54-51-48-24-21-18-15-12-9-6-3)80-74(77)68-65-62-59-56-53-50-47-45-43-40-34-32-30-28-26-23-20-17-14-11-8-5-2/h7,10,16,19,21,24-25,27,31,33,36-37,71H,4-6,8-9,11-15,17-18,20,22-23,26,28-30,32,34-35,38-70H2,1-3H3/b10-7-,19-16-,24-21-,27-25-,33-31-,37-36-. The predicted molar refractivity (Wildman–Crippen MR) is 348 cm³/mol. The van der Waals surface area contributed by atoms with Crippen LogP contribution >= 0.6 is 0 Å². The molecule has 80 heavy (non-hydrogen) atoms. The quantitative estimate of drug-likeness (QED) is 0.0261. The van der Waals surface area contributed by atoms with Crippen molar-refractivity contribution in [2.24, 2.45) is 0 Å². The summed E-state index contributed by atoms with van der Waals surface area (Å²) in [4.78, 5) is 38.4. The first kappa shape index (κ1) is 76.9. The maximum absolute atomic E-state index is 12.9. The lowest BCUT2D eigenvalue weighted by atomic mass is 10.0. The van der Waals surface area contributed by atoms with Gasteiger partial charge in [-0.25, -0.2) is 0 Å². The van der Waals surface area contributed by atoms with E-state index in [1.165, 1.54) is 225 Å². The molecule has 0 fully saturated rings. The van der Waals surface area contributed by atoms with Crippen LogP contribution in [0, 0.1) is 0 Å². The van der Waals surface area contributed by atoms with E-state index in [-0.39, 0.29) is 31.1 Å². The molecule has 0 aromatic heterocycles.